The van der Waals surface area contributed by atoms with Crippen molar-refractivity contribution in [3.8, 4) is 0 Å². The molecule has 0 unspecified atom stereocenters. The summed E-state index contributed by atoms with van der Waals surface area (Å²) in [6.45, 7) is 1.97. The van der Waals surface area contributed by atoms with Gasteiger partial charge < -0.3 is 9.47 Å². The highest BCUT2D eigenvalue weighted by Gasteiger charge is 2.57. The third-order valence-electron chi connectivity index (χ3n) is 3.24. The van der Waals surface area contributed by atoms with Gasteiger partial charge in [0.25, 0.3) is 0 Å². The highest BCUT2D eigenvalue weighted by atomic mass is 16.5. The largest absolute Gasteiger partial charge is 0.468 e. The fraction of sp³-hybridized carbons (Fsp3) is 0.385. The third-order valence-corrected chi connectivity index (χ3v) is 3.24. The van der Waals surface area contributed by atoms with E-state index >= 15 is 0 Å². The van der Waals surface area contributed by atoms with Gasteiger partial charge in [-0.2, -0.15) is 0 Å². The van der Waals surface area contributed by atoms with E-state index in [9.17, 15) is 9.59 Å². The fourth-order valence-corrected chi connectivity index (χ4v) is 2.36. The lowest BCUT2D eigenvalue weighted by atomic mass is 9.63. The number of hydrogen-bond acceptors (Lipinski definition) is 4. The van der Waals surface area contributed by atoms with E-state index in [1.54, 1.807) is 6.07 Å². The van der Waals surface area contributed by atoms with Crippen LogP contribution in [0.1, 0.15) is 16.7 Å². The second kappa shape index (κ2) is 3.87. The molecule has 0 saturated carbocycles. The topological polar surface area (TPSA) is 52.6 Å². The lowest BCUT2D eigenvalue weighted by molar-refractivity contribution is -0.163. The van der Waals surface area contributed by atoms with Gasteiger partial charge in [-0.05, 0) is 18.1 Å². The Balaban J connectivity index is 2.51. The molecule has 90 valence electrons. The molecule has 0 saturated heterocycles. The zero-order valence-electron chi connectivity index (χ0n) is 10.1. The molecule has 4 heteroatoms. The monoisotopic (exact) mass is 234 g/mol. The Labute approximate surface area is 99.5 Å². The lowest BCUT2D eigenvalue weighted by Crippen LogP contribution is -2.53. The van der Waals surface area contributed by atoms with E-state index in [-0.39, 0.29) is 0 Å². The van der Waals surface area contributed by atoms with Gasteiger partial charge in [-0.1, -0.05) is 23.8 Å². The van der Waals surface area contributed by atoms with E-state index < -0.39 is 17.4 Å². The molecule has 1 aliphatic carbocycles. The maximum atomic E-state index is 11.8. The Morgan fingerprint density at radius 2 is 1.76 bits per heavy atom. The normalized spacial score (nSPS) is 15.5. The first-order valence-corrected chi connectivity index (χ1v) is 5.33. The summed E-state index contributed by atoms with van der Waals surface area (Å²) < 4.78 is 9.46. The summed E-state index contributed by atoms with van der Waals surface area (Å²) in [5.74, 6) is -1.11. The van der Waals surface area contributed by atoms with Crippen LogP contribution in [0.4, 0.5) is 0 Å². The van der Waals surface area contributed by atoms with E-state index in [0.717, 1.165) is 11.1 Å². The molecule has 1 aliphatic rings. The molecule has 0 radical (unpaired) electrons. The van der Waals surface area contributed by atoms with Crippen LogP contribution in [0.2, 0.25) is 0 Å². The van der Waals surface area contributed by atoms with Crippen molar-refractivity contribution in [1.82, 2.24) is 0 Å². The van der Waals surface area contributed by atoms with E-state index in [1.165, 1.54) is 14.2 Å². The molecule has 0 aromatic heterocycles. The molecule has 0 N–H and O–H groups in total. The zero-order chi connectivity index (χ0) is 12.6. The highest BCUT2D eigenvalue weighted by molar-refractivity contribution is 6.09. The van der Waals surface area contributed by atoms with Gasteiger partial charge in [-0.15, -0.1) is 0 Å². The molecule has 1 aromatic rings. The molecule has 0 atom stereocenters. The van der Waals surface area contributed by atoms with Crippen molar-refractivity contribution in [2.24, 2.45) is 0 Å². The molecule has 4 nitrogen and oxygen atoms in total. The summed E-state index contributed by atoms with van der Waals surface area (Å²) in [5, 5.41) is 0. The number of rotatable bonds is 2. The summed E-state index contributed by atoms with van der Waals surface area (Å²) >= 11 is 0. The number of esters is 2. The van der Waals surface area contributed by atoms with Crippen molar-refractivity contribution in [3.63, 3.8) is 0 Å². The van der Waals surface area contributed by atoms with Gasteiger partial charge in [0.1, 0.15) is 0 Å². The molecule has 17 heavy (non-hydrogen) atoms. The number of fused-ring (bicyclic) bond motifs is 1. The van der Waals surface area contributed by atoms with Crippen LogP contribution < -0.4 is 0 Å². The van der Waals surface area contributed by atoms with Crippen molar-refractivity contribution in [2.45, 2.75) is 18.8 Å². The van der Waals surface area contributed by atoms with Gasteiger partial charge in [0.05, 0.1) is 14.2 Å². The van der Waals surface area contributed by atoms with Crippen LogP contribution in [-0.2, 0) is 30.9 Å². The van der Waals surface area contributed by atoms with Gasteiger partial charge in [0.15, 0.2) is 5.41 Å². The number of carbonyl (C=O) groups is 2. The van der Waals surface area contributed by atoms with Gasteiger partial charge in [0.2, 0.25) is 0 Å². The second-order valence-corrected chi connectivity index (χ2v) is 4.23. The highest BCUT2D eigenvalue weighted by Crippen LogP contribution is 2.43. The third kappa shape index (κ3) is 1.44. The van der Waals surface area contributed by atoms with Crippen LogP contribution >= 0.6 is 0 Å². The van der Waals surface area contributed by atoms with Crippen molar-refractivity contribution >= 4 is 11.9 Å². The quantitative estimate of drug-likeness (QED) is 0.568. The van der Waals surface area contributed by atoms with E-state index in [4.69, 9.17) is 9.47 Å². The molecule has 0 amide bonds. The molecule has 0 bridgehead atoms. The SMILES string of the molecule is COC(=O)C1(C(=O)OC)Cc2cc(C)ccc21. The second-order valence-electron chi connectivity index (χ2n) is 4.23. The molecule has 0 aliphatic heterocycles. The summed E-state index contributed by atoms with van der Waals surface area (Å²) in [6, 6.07) is 5.64. The first kappa shape index (κ1) is 11.6. The van der Waals surface area contributed by atoms with Crippen LogP contribution in [0.25, 0.3) is 0 Å². The van der Waals surface area contributed by atoms with Crippen molar-refractivity contribution in [2.75, 3.05) is 14.2 Å². The molecule has 0 fully saturated rings. The Kier molecular flexibility index (Phi) is 2.65. The van der Waals surface area contributed by atoms with Gasteiger partial charge in [-0.3, -0.25) is 9.59 Å². The minimum absolute atomic E-state index is 0.351. The van der Waals surface area contributed by atoms with Crippen LogP contribution in [0, 0.1) is 6.92 Å². The van der Waals surface area contributed by atoms with E-state index in [2.05, 4.69) is 0 Å². The average molecular weight is 234 g/mol. The summed E-state index contributed by atoms with van der Waals surface area (Å²) in [4.78, 5) is 23.7. The van der Waals surface area contributed by atoms with Crippen molar-refractivity contribution in [1.29, 1.82) is 0 Å². The van der Waals surface area contributed by atoms with E-state index in [1.807, 2.05) is 19.1 Å². The summed E-state index contributed by atoms with van der Waals surface area (Å²) in [7, 11) is 2.55. The smallest absolute Gasteiger partial charge is 0.328 e. The van der Waals surface area contributed by atoms with E-state index in [0.29, 0.717) is 12.0 Å². The Morgan fingerprint density at radius 3 is 2.24 bits per heavy atom. The summed E-state index contributed by atoms with van der Waals surface area (Å²) in [6.07, 6.45) is 0.351. The number of carbonyl (C=O) groups excluding carboxylic acids is 2. The minimum atomic E-state index is -1.26. The van der Waals surface area contributed by atoms with Crippen LogP contribution in [0.15, 0.2) is 18.2 Å². The predicted octanol–water partition coefficient (Wildman–Crippen LogP) is 1.13. The molecule has 0 spiro atoms. The van der Waals surface area contributed by atoms with Crippen LogP contribution in [-0.4, -0.2) is 26.2 Å². The van der Waals surface area contributed by atoms with Crippen LogP contribution in [0.5, 0.6) is 0 Å². The zero-order valence-corrected chi connectivity index (χ0v) is 10.1. The Morgan fingerprint density at radius 1 is 1.18 bits per heavy atom. The maximum Gasteiger partial charge on any atom is 0.328 e. The van der Waals surface area contributed by atoms with Gasteiger partial charge in [0, 0.05) is 6.42 Å². The van der Waals surface area contributed by atoms with Crippen LogP contribution in [0.3, 0.4) is 0 Å². The first-order valence-electron chi connectivity index (χ1n) is 5.33. The Hall–Kier alpha value is -1.84. The lowest BCUT2D eigenvalue weighted by Gasteiger charge is -2.38. The predicted molar refractivity (Wildman–Crippen MR) is 60.6 cm³/mol. The standard InChI is InChI=1S/C13H14O4/c1-8-4-5-10-9(6-8)7-13(10,11(14)16-2)12(15)17-3/h4-6H,7H2,1-3H3. The molecule has 0 heterocycles. The van der Waals surface area contributed by atoms with Crippen molar-refractivity contribution in [3.05, 3.63) is 34.9 Å². The minimum Gasteiger partial charge on any atom is -0.468 e. The average Bonchev–Trinajstić information content (AvgIpc) is 2.31. The number of hydrogen-bond donors (Lipinski definition) is 0. The number of ether oxygens (including phenoxy) is 2. The number of benzene rings is 1. The van der Waals surface area contributed by atoms with Gasteiger partial charge in [-0.25, -0.2) is 0 Å². The molecule has 1 aromatic carbocycles. The molecule has 2 rings (SSSR count). The molecular formula is C13H14O4. The summed E-state index contributed by atoms with van der Waals surface area (Å²) in [5.41, 5.74) is 1.54. The van der Waals surface area contributed by atoms with Crippen molar-refractivity contribution < 1.29 is 19.1 Å². The number of methoxy groups -OCH3 is 2. The molecular weight excluding hydrogens is 220 g/mol. The van der Waals surface area contributed by atoms with Gasteiger partial charge >= 0.3 is 11.9 Å². The fourth-order valence-electron chi connectivity index (χ4n) is 2.36. The number of aryl methyl sites for hydroxylation is 1. The Bertz CT molecular complexity index is 474. The maximum absolute atomic E-state index is 11.8. The first-order chi connectivity index (χ1) is 8.06.